The second-order valence-electron chi connectivity index (χ2n) is 28.6. The second-order valence-corrected chi connectivity index (χ2v) is 28.6. The summed E-state index contributed by atoms with van der Waals surface area (Å²) in [7, 11) is 0. The van der Waals surface area contributed by atoms with Gasteiger partial charge in [0.05, 0.1) is 61.9 Å². The molecule has 9 aromatic carbocycles. The predicted octanol–water partition coefficient (Wildman–Crippen LogP) is 23.0. The Morgan fingerprint density at radius 2 is 1.29 bits per heavy atom. The molecule has 0 radical (unpaired) electrons. The molecule has 3 unspecified atom stereocenters. The molecule has 0 bridgehead atoms. The minimum Gasteiger partial charge on any atom is -0.313 e. The summed E-state index contributed by atoms with van der Waals surface area (Å²) in [4.78, 5) is 0. The maximum absolute atomic E-state index is 12.0. The quantitative estimate of drug-likeness (QED) is 0.137. The van der Waals surface area contributed by atoms with Crippen LogP contribution in [0.5, 0.6) is 0 Å². The van der Waals surface area contributed by atoms with Crippen LogP contribution < -0.4 is 0 Å². The first-order chi connectivity index (χ1) is 47.1. The van der Waals surface area contributed by atoms with Gasteiger partial charge in [-0.25, -0.2) is 0 Å². The summed E-state index contributed by atoms with van der Waals surface area (Å²) in [5.74, 6) is -0.147. The van der Waals surface area contributed by atoms with E-state index < -0.39 is 5.92 Å². The van der Waals surface area contributed by atoms with Gasteiger partial charge in [0.15, 0.2) is 0 Å². The number of nitriles is 2. The smallest absolute Gasteiger partial charge is 0.101 e. The Morgan fingerprint density at radius 3 is 2.06 bits per heavy atom. The standard InChI is InChI=1S/C91H74N6/c1-10-24-68-72-50-86-74(52-84(72)94(79(68)25-11-2)63-26-14-12-15-27-63)71-48-60(61-36-40-77-78(49-61)90(7,8)88-34-22-23-43-91(77,88)9)38-42-81(71)96(86)65-44-58(54-92)45-83(62(46-65)55-93)97-82-41-37-59(56(3)35-39-66-57(4)89(5,6)76-32-20-18-30-67(66)76)47-70(82)75-53-85-73(51-87(75)97)69-31-19-21-33-80(69)95(85)64-28-16-13-17-29-64/h10,12,14-16,18-24,26-43,46-53,58,88H,4,11,25,44-45H2,1-3,5-9H3/b24-10-,56-35+,66-39+. The molecular formula is C91H74N6. The Balaban J connectivity index is 0.910. The van der Waals surface area contributed by atoms with Gasteiger partial charge in [0.25, 0.3) is 0 Å². The summed E-state index contributed by atoms with van der Waals surface area (Å²) in [6.07, 6.45) is 22.9. The summed E-state index contributed by atoms with van der Waals surface area (Å²) in [5, 5.41) is 31.4. The number of allylic oxidation sites excluding steroid dienone is 14. The predicted molar refractivity (Wildman–Crippen MR) is 406 cm³/mol. The van der Waals surface area contributed by atoms with Gasteiger partial charge in [-0.05, 0) is 172 Å². The lowest BCUT2D eigenvalue weighted by Gasteiger charge is -2.36. The summed E-state index contributed by atoms with van der Waals surface area (Å²) in [6, 6.07) is 76.5. The van der Waals surface area contributed by atoms with Gasteiger partial charge in [0.2, 0.25) is 0 Å². The number of para-hydroxylation sites is 2. The van der Waals surface area contributed by atoms with Crippen molar-refractivity contribution in [2.24, 2.45) is 11.8 Å². The first-order valence-electron chi connectivity index (χ1n) is 34.3. The van der Waals surface area contributed by atoms with E-state index in [0.717, 1.165) is 140 Å². The molecule has 6 nitrogen and oxygen atoms in total. The second kappa shape index (κ2) is 22.1. The van der Waals surface area contributed by atoms with Crippen molar-refractivity contribution in [2.75, 3.05) is 0 Å². The molecule has 17 rings (SSSR count). The lowest BCUT2D eigenvalue weighted by atomic mass is 9.67. The Hall–Kier alpha value is -11.4. The van der Waals surface area contributed by atoms with Crippen LogP contribution in [0.4, 0.5) is 0 Å². The van der Waals surface area contributed by atoms with Crippen molar-refractivity contribution in [1.29, 1.82) is 10.5 Å². The molecule has 0 N–H and O–H groups in total. The van der Waals surface area contributed by atoms with E-state index in [0.29, 0.717) is 24.3 Å². The molecule has 0 aliphatic heterocycles. The van der Waals surface area contributed by atoms with Crippen molar-refractivity contribution in [3.8, 4) is 34.6 Å². The summed E-state index contributed by atoms with van der Waals surface area (Å²) >= 11 is 0. The molecule has 97 heavy (non-hydrogen) atoms. The fourth-order valence-electron chi connectivity index (χ4n) is 17.7. The van der Waals surface area contributed by atoms with Crippen LogP contribution in [0.25, 0.3) is 127 Å². The van der Waals surface area contributed by atoms with Crippen molar-refractivity contribution < 1.29 is 0 Å². The van der Waals surface area contributed by atoms with E-state index in [9.17, 15) is 10.5 Å². The lowest BCUT2D eigenvalue weighted by molar-refractivity contribution is 0.324. The third-order valence-corrected chi connectivity index (χ3v) is 22.5. The number of hydrogen-bond donors (Lipinski definition) is 0. The van der Waals surface area contributed by atoms with E-state index in [2.05, 4.69) is 323 Å². The van der Waals surface area contributed by atoms with Gasteiger partial charge in [-0.2, -0.15) is 10.5 Å². The van der Waals surface area contributed by atoms with Crippen LogP contribution in [-0.2, 0) is 22.7 Å². The van der Waals surface area contributed by atoms with Crippen LogP contribution in [0.15, 0.2) is 242 Å². The van der Waals surface area contributed by atoms with Crippen LogP contribution in [0.2, 0.25) is 0 Å². The number of rotatable bonds is 10. The normalized spacial score (nSPS) is 19.2. The van der Waals surface area contributed by atoms with E-state index in [1.54, 1.807) is 0 Å². The van der Waals surface area contributed by atoms with E-state index in [4.69, 9.17) is 0 Å². The molecule has 0 saturated carbocycles. The number of fused-ring (bicyclic) bond motifs is 14. The molecule has 0 amide bonds. The van der Waals surface area contributed by atoms with Gasteiger partial charge < -0.3 is 18.3 Å². The molecule has 0 spiro atoms. The lowest BCUT2D eigenvalue weighted by Crippen LogP contribution is -2.33. The van der Waals surface area contributed by atoms with Crippen molar-refractivity contribution in [1.82, 2.24) is 18.3 Å². The number of benzene rings is 8. The first-order valence-corrected chi connectivity index (χ1v) is 34.3. The van der Waals surface area contributed by atoms with Crippen molar-refractivity contribution in [3.05, 3.63) is 293 Å². The minimum absolute atomic E-state index is 0.0774. The van der Waals surface area contributed by atoms with E-state index in [1.165, 1.54) is 39.1 Å². The maximum atomic E-state index is 12.0. The summed E-state index contributed by atoms with van der Waals surface area (Å²) < 4.78 is 9.53. The van der Waals surface area contributed by atoms with Gasteiger partial charge in [-0.15, -0.1) is 0 Å². The van der Waals surface area contributed by atoms with E-state index >= 15 is 0 Å². The highest BCUT2D eigenvalue weighted by Gasteiger charge is 2.51. The molecule has 3 atom stereocenters. The molecule has 0 saturated heterocycles. The number of hydrogen-bond acceptors (Lipinski definition) is 2. The fourth-order valence-corrected chi connectivity index (χ4v) is 17.7. The van der Waals surface area contributed by atoms with E-state index in [-0.39, 0.29) is 16.2 Å². The molecule has 4 aliphatic carbocycles. The fraction of sp³-hybridized carbons (Fsp3) is 0.187. The van der Waals surface area contributed by atoms with Gasteiger partial charge in [-0.1, -0.05) is 206 Å². The molecule has 4 aliphatic rings. The zero-order valence-electron chi connectivity index (χ0n) is 56.3. The molecule has 0 fully saturated rings. The van der Waals surface area contributed by atoms with Crippen LogP contribution >= 0.6 is 0 Å². The molecule has 6 heteroatoms. The topological polar surface area (TPSA) is 67.3 Å². The van der Waals surface area contributed by atoms with Gasteiger partial charge in [-0.3, -0.25) is 0 Å². The molecule has 468 valence electrons. The zero-order chi connectivity index (χ0) is 66.4. The minimum atomic E-state index is -0.497. The average molecular weight is 1250 g/mol. The third-order valence-electron chi connectivity index (χ3n) is 22.5. The van der Waals surface area contributed by atoms with Crippen molar-refractivity contribution in [2.45, 2.75) is 97.3 Å². The summed E-state index contributed by atoms with van der Waals surface area (Å²) in [5.41, 5.74) is 25.9. The van der Waals surface area contributed by atoms with Crippen molar-refractivity contribution >= 4 is 105 Å². The zero-order valence-corrected chi connectivity index (χ0v) is 56.3. The largest absolute Gasteiger partial charge is 0.313 e. The molecule has 4 aromatic heterocycles. The SMILES string of the molecule is C=C1/C(=C\C=C(/C)c2ccc3c(c2)c2cc4c(cc2n3C2=C(C#N)C=C(n3c5ccc(-c6ccc7c(c6)C(C)(C)C6C=CC=CC76C)cc5c5cc6c(cc53)c(/C=C\C)c(CCC)n6-c3ccccc3)CC(C#N)C2)c2ccccc2n4-c2cc#ccc2)c2ccccc2C1(C)C. The van der Waals surface area contributed by atoms with Gasteiger partial charge in [0.1, 0.15) is 6.07 Å². The first kappa shape index (κ1) is 59.4. The molecule has 13 aromatic rings. The summed E-state index contributed by atoms with van der Waals surface area (Å²) in [6.45, 7) is 22.9. The van der Waals surface area contributed by atoms with Crippen LogP contribution in [-0.4, -0.2) is 18.3 Å². The van der Waals surface area contributed by atoms with Gasteiger partial charge in [0, 0.05) is 95.8 Å². The third kappa shape index (κ3) is 8.78. The van der Waals surface area contributed by atoms with Gasteiger partial charge >= 0.3 is 0 Å². The Morgan fingerprint density at radius 1 is 0.619 bits per heavy atom. The van der Waals surface area contributed by atoms with E-state index in [1.807, 2.05) is 12.1 Å². The highest BCUT2D eigenvalue weighted by Crippen LogP contribution is 2.57. The number of aromatic nitrogens is 4. The van der Waals surface area contributed by atoms with Crippen LogP contribution in [0.1, 0.15) is 114 Å². The van der Waals surface area contributed by atoms with Crippen LogP contribution in [0.3, 0.4) is 0 Å². The van der Waals surface area contributed by atoms with Crippen molar-refractivity contribution in [3.63, 3.8) is 0 Å². The average Bonchev–Trinajstić information content (AvgIpc) is 1.57. The molecular weight excluding hydrogens is 1180 g/mol. The number of nitrogens with zero attached hydrogens (tertiary/aromatic N) is 6. The maximum Gasteiger partial charge on any atom is 0.101 e. The Bertz CT molecular complexity index is 5910. The Labute approximate surface area is 567 Å². The Kier molecular flexibility index (Phi) is 13.5. The molecule has 4 heterocycles. The highest BCUT2D eigenvalue weighted by molar-refractivity contribution is 6.20. The highest BCUT2D eigenvalue weighted by atomic mass is 15.0. The monoisotopic (exact) mass is 1250 g/mol. The van der Waals surface area contributed by atoms with Crippen LogP contribution in [0, 0.1) is 46.6 Å².